The number of piperidine rings is 1. The van der Waals surface area contributed by atoms with Gasteiger partial charge in [0, 0.05) is 59.6 Å². The van der Waals surface area contributed by atoms with Gasteiger partial charge in [0.15, 0.2) is 0 Å². The number of aryl methyl sites for hydroxylation is 1. The number of thiophene rings is 1. The van der Waals surface area contributed by atoms with Crippen molar-refractivity contribution < 1.29 is 4.79 Å². The lowest BCUT2D eigenvalue weighted by Gasteiger charge is -2.33. The molecule has 0 unspecified atom stereocenters. The smallest absolute Gasteiger partial charge is 0.224 e. The van der Waals surface area contributed by atoms with Gasteiger partial charge in [0.2, 0.25) is 5.91 Å². The highest BCUT2D eigenvalue weighted by atomic mass is 32.1. The third-order valence-corrected chi connectivity index (χ3v) is 7.06. The second-order valence-corrected chi connectivity index (χ2v) is 9.54. The summed E-state index contributed by atoms with van der Waals surface area (Å²) < 4.78 is 1.27. The number of fused-ring (bicyclic) bond motifs is 1. The first-order valence-corrected chi connectivity index (χ1v) is 12.1. The van der Waals surface area contributed by atoms with Gasteiger partial charge in [-0.1, -0.05) is 18.2 Å². The van der Waals surface area contributed by atoms with E-state index in [2.05, 4.69) is 70.3 Å². The van der Waals surface area contributed by atoms with Crippen LogP contribution in [-0.4, -0.2) is 43.6 Å². The Morgan fingerprint density at radius 2 is 2.13 bits per heavy atom. The number of hydrogen-bond donors (Lipinski definition) is 1. The van der Waals surface area contributed by atoms with Crippen molar-refractivity contribution in [3.63, 3.8) is 0 Å². The van der Waals surface area contributed by atoms with E-state index in [-0.39, 0.29) is 11.8 Å². The number of carbonyl (C=O) groups is 1. The zero-order valence-electron chi connectivity index (χ0n) is 18.5. The van der Waals surface area contributed by atoms with Crippen molar-refractivity contribution in [1.29, 1.82) is 0 Å². The lowest BCUT2D eigenvalue weighted by Crippen LogP contribution is -2.44. The Labute approximate surface area is 189 Å². The Balaban J connectivity index is 1.30. The van der Waals surface area contributed by atoms with E-state index >= 15 is 0 Å². The van der Waals surface area contributed by atoms with Gasteiger partial charge in [-0.3, -0.25) is 4.79 Å². The first kappa shape index (κ1) is 21.6. The quantitative estimate of drug-likeness (QED) is 0.513. The molecule has 164 valence electrons. The molecule has 4 rings (SSSR count). The Morgan fingerprint density at radius 1 is 1.29 bits per heavy atom. The van der Waals surface area contributed by atoms with E-state index < -0.39 is 0 Å². The number of nitrogens with zero attached hydrogens (tertiary/aromatic N) is 3. The van der Waals surface area contributed by atoms with Crippen molar-refractivity contribution in [2.75, 3.05) is 42.5 Å². The first-order valence-electron chi connectivity index (χ1n) is 11.3. The Kier molecular flexibility index (Phi) is 7.07. The summed E-state index contributed by atoms with van der Waals surface area (Å²) in [6.45, 7) is 8.66. The monoisotopic (exact) mass is 436 g/mol. The van der Waals surface area contributed by atoms with E-state index in [1.807, 2.05) is 12.3 Å². The zero-order valence-corrected chi connectivity index (χ0v) is 19.3. The molecule has 5 nitrogen and oxygen atoms in total. The van der Waals surface area contributed by atoms with Gasteiger partial charge in [0.05, 0.1) is 5.92 Å². The molecule has 1 aromatic carbocycles. The molecule has 1 aliphatic rings. The predicted molar refractivity (Wildman–Crippen MR) is 131 cm³/mol. The lowest BCUT2D eigenvalue weighted by atomic mass is 9.97. The number of carbonyl (C=O) groups excluding carboxylic acids is 1. The third-order valence-electron chi connectivity index (χ3n) is 6.05. The summed E-state index contributed by atoms with van der Waals surface area (Å²) in [5.41, 5.74) is 1.24. The van der Waals surface area contributed by atoms with Crippen LogP contribution in [0.1, 0.15) is 31.1 Å². The number of rotatable bonds is 8. The van der Waals surface area contributed by atoms with Gasteiger partial charge in [0.25, 0.3) is 0 Å². The van der Waals surface area contributed by atoms with Gasteiger partial charge in [-0.05, 0) is 57.4 Å². The minimum Gasteiger partial charge on any atom is -0.372 e. The summed E-state index contributed by atoms with van der Waals surface area (Å²) in [5.74, 6) is 1.24. The fourth-order valence-corrected chi connectivity index (χ4v) is 5.36. The number of nitrogens with one attached hydrogen (secondary N) is 1. The van der Waals surface area contributed by atoms with Crippen LogP contribution in [0.3, 0.4) is 0 Å². The molecule has 1 saturated heterocycles. The van der Waals surface area contributed by atoms with Crippen LogP contribution in [0.25, 0.3) is 10.1 Å². The molecule has 0 radical (unpaired) electrons. The Bertz CT molecular complexity index is 1000. The normalized spacial score (nSPS) is 16.5. The van der Waals surface area contributed by atoms with Gasteiger partial charge in [-0.2, -0.15) is 0 Å². The molecule has 0 aliphatic carbocycles. The van der Waals surface area contributed by atoms with Crippen molar-refractivity contribution in [3.8, 4) is 0 Å². The SMILES string of the molecule is CCN(CCCNC(=O)[C@@H]1CCCN(c2nccc3sc(C)cc23)C1)c1ccccc1. The van der Waals surface area contributed by atoms with E-state index in [1.54, 1.807) is 11.3 Å². The molecule has 1 N–H and O–H groups in total. The molecular weight excluding hydrogens is 404 g/mol. The summed E-state index contributed by atoms with van der Waals surface area (Å²) in [7, 11) is 0. The van der Waals surface area contributed by atoms with Crippen LogP contribution in [0.15, 0.2) is 48.7 Å². The van der Waals surface area contributed by atoms with Crippen LogP contribution in [-0.2, 0) is 4.79 Å². The van der Waals surface area contributed by atoms with Crippen LogP contribution in [0.4, 0.5) is 11.5 Å². The highest BCUT2D eigenvalue weighted by molar-refractivity contribution is 7.19. The molecular formula is C25H32N4OS. The largest absolute Gasteiger partial charge is 0.372 e. The van der Waals surface area contributed by atoms with Crippen molar-refractivity contribution in [1.82, 2.24) is 10.3 Å². The first-order chi connectivity index (χ1) is 15.2. The summed E-state index contributed by atoms with van der Waals surface area (Å²) in [5, 5.41) is 4.40. The average molecular weight is 437 g/mol. The van der Waals surface area contributed by atoms with Crippen LogP contribution in [0.5, 0.6) is 0 Å². The number of para-hydroxylation sites is 1. The maximum absolute atomic E-state index is 12.9. The van der Waals surface area contributed by atoms with Gasteiger partial charge in [-0.15, -0.1) is 11.3 Å². The molecule has 0 bridgehead atoms. The molecule has 1 fully saturated rings. The minimum atomic E-state index is 0.0296. The van der Waals surface area contributed by atoms with Crippen molar-refractivity contribution in [2.45, 2.75) is 33.1 Å². The maximum atomic E-state index is 12.9. The highest BCUT2D eigenvalue weighted by Gasteiger charge is 2.27. The maximum Gasteiger partial charge on any atom is 0.224 e. The topological polar surface area (TPSA) is 48.5 Å². The zero-order chi connectivity index (χ0) is 21.6. The highest BCUT2D eigenvalue weighted by Crippen LogP contribution is 2.33. The summed E-state index contributed by atoms with van der Waals surface area (Å²) in [6, 6.07) is 14.8. The van der Waals surface area contributed by atoms with Crippen LogP contribution < -0.4 is 15.1 Å². The second kappa shape index (κ2) is 10.1. The minimum absolute atomic E-state index is 0.0296. The number of pyridine rings is 1. The van der Waals surface area contributed by atoms with Crippen LogP contribution >= 0.6 is 11.3 Å². The molecule has 3 heterocycles. The van der Waals surface area contributed by atoms with Crippen LogP contribution in [0.2, 0.25) is 0 Å². The second-order valence-electron chi connectivity index (χ2n) is 8.25. The van der Waals surface area contributed by atoms with E-state index in [9.17, 15) is 4.79 Å². The number of amides is 1. The number of hydrogen-bond acceptors (Lipinski definition) is 5. The molecule has 1 aliphatic heterocycles. The Hall–Kier alpha value is -2.60. The van der Waals surface area contributed by atoms with Crippen molar-refractivity contribution in [3.05, 3.63) is 53.5 Å². The fourth-order valence-electron chi connectivity index (χ4n) is 4.45. The van der Waals surface area contributed by atoms with Gasteiger partial charge in [-0.25, -0.2) is 4.98 Å². The van der Waals surface area contributed by atoms with E-state index in [0.717, 1.165) is 57.8 Å². The average Bonchev–Trinajstić information content (AvgIpc) is 3.20. The number of anilines is 2. The van der Waals surface area contributed by atoms with E-state index in [1.165, 1.54) is 20.7 Å². The lowest BCUT2D eigenvalue weighted by molar-refractivity contribution is -0.125. The molecule has 2 aromatic heterocycles. The standard InChI is InChI=1S/C25H32N4OS/c1-3-28(21-10-5-4-6-11-21)16-8-13-27-25(30)20-9-7-15-29(18-20)24-22-17-19(2)31-23(22)12-14-26-24/h4-6,10-12,14,17,20H,3,7-9,13,15-16,18H2,1-2H3,(H,27,30)/t20-/m1/s1. The molecule has 1 amide bonds. The van der Waals surface area contributed by atoms with Gasteiger partial charge < -0.3 is 15.1 Å². The van der Waals surface area contributed by atoms with Gasteiger partial charge in [0.1, 0.15) is 5.82 Å². The summed E-state index contributed by atoms with van der Waals surface area (Å²) in [6.07, 6.45) is 4.81. The number of benzene rings is 1. The molecule has 3 aromatic rings. The Morgan fingerprint density at radius 3 is 2.94 bits per heavy atom. The predicted octanol–water partition coefficient (Wildman–Crippen LogP) is 4.85. The molecule has 31 heavy (non-hydrogen) atoms. The molecule has 0 saturated carbocycles. The molecule has 0 spiro atoms. The van der Waals surface area contributed by atoms with Crippen molar-refractivity contribution >= 4 is 38.8 Å². The number of aromatic nitrogens is 1. The molecule has 1 atom stereocenters. The summed E-state index contributed by atoms with van der Waals surface area (Å²) >= 11 is 1.80. The fraction of sp³-hybridized carbons (Fsp3) is 0.440. The van der Waals surface area contributed by atoms with E-state index in [4.69, 9.17) is 0 Å². The third kappa shape index (κ3) is 5.18. The van der Waals surface area contributed by atoms with E-state index in [0.29, 0.717) is 0 Å². The molecule has 6 heteroatoms. The summed E-state index contributed by atoms with van der Waals surface area (Å²) in [4.78, 5) is 23.5. The van der Waals surface area contributed by atoms with Crippen LogP contribution in [0, 0.1) is 12.8 Å². The van der Waals surface area contributed by atoms with Gasteiger partial charge >= 0.3 is 0 Å². The van der Waals surface area contributed by atoms with Crippen molar-refractivity contribution in [2.24, 2.45) is 5.92 Å².